The van der Waals surface area contributed by atoms with Crippen LogP contribution < -0.4 is 5.32 Å². The van der Waals surface area contributed by atoms with E-state index in [1.165, 1.54) is 15.8 Å². The number of rotatable bonds is 6. The Labute approximate surface area is 315 Å². The number of aliphatic hydroxyl groups excluding tert-OH is 1. The molecule has 1 aliphatic carbocycles. The predicted molar refractivity (Wildman–Crippen MR) is 205 cm³/mol. The van der Waals surface area contributed by atoms with E-state index in [4.69, 9.17) is 32.3 Å². The number of cyclic esters (lactones) is 1. The van der Waals surface area contributed by atoms with Crippen LogP contribution in [0.25, 0.3) is 33.4 Å². The van der Waals surface area contributed by atoms with Gasteiger partial charge in [-0.1, -0.05) is 39.1 Å². The maximum Gasteiger partial charge on any atom is 0.325 e. The highest BCUT2D eigenvalue weighted by molar-refractivity contribution is 7.77. The fourth-order valence-corrected chi connectivity index (χ4v) is 9.06. The zero-order valence-electron chi connectivity index (χ0n) is 30.7. The molecule has 3 aromatic heterocycles. The van der Waals surface area contributed by atoms with Crippen LogP contribution in [0.3, 0.4) is 0 Å². The van der Waals surface area contributed by atoms with Crippen LogP contribution in [-0.2, 0) is 38.4 Å². The van der Waals surface area contributed by atoms with Crippen LogP contribution in [-0.4, -0.2) is 79.5 Å². The summed E-state index contributed by atoms with van der Waals surface area (Å²) < 4.78 is 15.8. The zero-order valence-corrected chi connectivity index (χ0v) is 32.4. The molecule has 278 valence electrons. The molecule has 1 amide bonds. The number of aryl methyl sites for hydroxylation is 1. The largest absolute Gasteiger partial charge is 0.464 e. The van der Waals surface area contributed by atoms with E-state index in [1.807, 2.05) is 19.2 Å². The predicted octanol–water partition coefficient (Wildman–Crippen LogP) is 6.35. The van der Waals surface area contributed by atoms with E-state index >= 15 is 0 Å². The van der Waals surface area contributed by atoms with E-state index in [1.54, 1.807) is 12.1 Å². The number of carbonyl (C=O) groups is 2. The van der Waals surface area contributed by atoms with E-state index in [0.29, 0.717) is 32.2 Å². The van der Waals surface area contributed by atoms with Gasteiger partial charge in [0.1, 0.15) is 12.3 Å². The Kier molecular flexibility index (Phi) is 10.8. The van der Waals surface area contributed by atoms with Crippen LogP contribution >= 0.6 is 24.2 Å². The van der Waals surface area contributed by atoms with E-state index in [2.05, 4.69) is 60.3 Å². The average Bonchev–Trinajstić information content (AvgIpc) is 3.70. The van der Waals surface area contributed by atoms with Crippen LogP contribution in [0, 0.1) is 11.3 Å². The summed E-state index contributed by atoms with van der Waals surface area (Å²) in [7, 11) is 1.70. The molecular formula is C39H50N6O5S2. The molecule has 13 heteroatoms. The number of nitrogens with zero attached hydrogens (tertiary/aromatic N) is 5. The van der Waals surface area contributed by atoms with Gasteiger partial charge in [0.25, 0.3) is 0 Å². The number of hydrazine groups is 1. The molecule has 52 heavy (non-hydrogen) atoms. The normalized spacial score (nSPS) is 24.9. The molecular weight excluding hydrogens is 697 g/mol. The third kappa shape index (κ3) is 7.15. The Bertz CT molecular complexity index is 1940. The number of carbonyl (C=O) groups excluding carboxylic acids is 2. The highest BCUT2D eigenvalue weighted by atomic mass is 32.1. The molecule has 0 radical (unpaired) electrons. The first kappa shape index (κ1) is 37.0. The molecule has 1 saturated heterocycles. The molecule has 1 saturated carbocycles. The van der Waals surface area contributed by atoms with Gasteiger partial charge in [-0.25, -0.2) is 9.99 Å². The van der Waals surface area contributed by atoms with Gasteiger partial charge in [0.15, 0.2) is 0 Å². The summed E-state index contributed by atoms with van der Waals surface area (Å²) in [6, 6.07) is 9.24. The van der Waals surface area contributed by atoms with Gasteiger partial charge in [-0.3, -0.25) is 14.6 Å². The lowest BCUT2D eigenvalue weighted by Gasteiger charge is -2.44. The second kappa shape index (κ2) is 15.2. The number of benzene rings is 1. The number of pyridine rings is 1. The van der Waals surface area contributed by atoms with Crippen LogP contribution in [0.15, 0.2) is 41.9 Å². The molecule has 2 N–H and O–H groups in total. The maximum atomic E-state index is 13.8. The number of methoxy groups -OCH3 is 1. The van der Waals surface area contributed by atoms with Crippen molar-refractivity contribution in [1.29, 1.82) is 0 Å². The summed E-state index contributed by atoms with van der Waals surface area (Å²) in [4.78, 5) is 36.9. The first-order valence-corrected chi connectivity index (χ1v) is 19.7. The minimum atomic E-state index is -1.12. The Morgan fingerprint density at radius 3 is 2.77 bits per heavy atom. The van der Waals surface area contributed by atoms with Crippen LogP contribution in [0.1, 0.15) is 82.2 Å². The first-order chi connectivity index (χ1) is 25.0. The molecule has 2 fully saturated rings. The van der Waals surface area contributed by atoms with Crippen LogP contribution in [0.2, 0.25) is 0 Å². The van der Waals surface area contributed by atoms with E-state index in [0.717, 1.165) is 75.5 Å². The fourth-order valence-electron chi connectivity index (χ4n) is 7.79. The van der Waals surface area contributed by atoms with Crippen molar-refractivity contribution in [2.24, 2.45) is 11.3 Å². The zero-order chi connectivity index (χ0) is 36.7. The molecule has 2 aliphatic heterocycles. The summed E-state index contributed by atoms with van der Waals surface area (Å²) in [6.07, 6.45) is 5.36. The summed E-state index contributed by atoms with van der Waals surface area (Å²) in [5, 5.41) is 20.6. The number of ether oxygens (including phenoxy) is 2. The standard InChI is InChI=1S/C39H50N6O5S2/c1-6-43-31-15-14-25-18-27(31)28(35(43)26-12-8-16-40-34(26)23(2)49-5)20-39(3,4)22-50-38(48)32-13-9-17-44(45(32)51)37(47)29(19-33-41-30(25)21-52-33)42-36(46)24-10-7-11-24/h8,12,14-16,18,21,23-24,29,32,37,47,51H,6-7,9-11,13,17,19-20,22H2,1-5H3,(H,42,46)/t23-,29-,32-,37?/m0/s1. The second-order valence-electron chi connectivity index (χ2n) is 15.2. The molecule has 7 rings (SSSR count). The Hall–Kier alpha value is -3.33. The highest BCUT2D eigenvalue weighted by Gasteiger charge is 2.41. The van der Waals surface area contributed by atoms with Crippen molar-refractivity contribution in [3.05, 3.63) is 58.2 Å². The van der Waals surface area contributed by atoms with Gasteiger partial charge in [0, 0.05) is 71.6 Å². The van der Waals surface area contributed by atoms with Crippen molar-refractivity contribution >= 4 is 46.9 Å². The van der Waals surface area contributed by atoms with Gasteiger partial charge in [-0.05, 0) is 75.8 Å². The molecule has 11 nitrogen and oxygen atoms in total. The average molecular weight is 747 g/mol. The highest BCUT2D eigenvalue weighted by Crippen LogP contribution is 2.42. The molecule has 3 aliphatic rings. The third-order valence-electron chi connectivity index (χ3n) is 11.0. The van der Waals surface area contributed by atoms with Gasteiger partial charge < -0.3 is 24.5 Å². The maximum absolute atomic E-state index is 13.8. The van der Waals surface area contributed by atoms with Gasteiger partial charge in [0.2, 0.25) is 5.91 Å². The van der Waals surface area contributed by atoms with Crippen molar-refractivity contribution in [1.82, 2.24) is 29.3 Å². The van der Waals surface area contributed by atoms with Crippen molar-refractivity contribution < 1.29 is 24.2 Å². The topological polar surface area (TPSA) is 122 Å². The third-order valence-corrected chi connectivity index (χ3v) is 12.3. The van der Waals surface area contributed by atoms with Crippen molar-refractivity contribution in [3.8, 4) is 22.5 Å². The van der Waals surface area contributed by atoms with Gasteiger partial charge in [0.05, 0.1) is 40.8 Å². The monoisotopic (exact) mass is 746 g/mol. The minimum Gasteiger partial charge on any atom is -0.464 e. The number of thiazole rings is 1. The lowest BCUT2D eigenvalue weighted by Crippen LogP contribution is -2.61. The number of amides is 1. The SMILES string of the molecule is CCn1c(-c2cccnc2[C@H](C)OC)c2c3cc(ccc31)-c1csc(n1)C[C@H](NC(=O)C1CCC1)C(O)N1CCC[C@@H](C(=O)OCC(C)(C)C2)N1S. The van der Waals surface area contributed by atoms with Crippen molar-refractivity contribution in [2.75, 3.05) is 20.3 Å². The number of fused-ring (bicyclic) bond motifs is 6. The number of thiol groups is 1. The smallest absolute Gasteiger partial charge is 0.325 e. The first-order valence-electron chi connectivity index (χ1n) is 18.5. The summed E-state index contributed by atoms with van der Waals surface area (Å²) in [6.45, 7) is 9.83. The van der Waals surface area contributed by atoms with Gasteiger partial charge >= 0.3 is 5.97 Å². The number of nitrogens with one attached hydrogen (secondary N) is 1. The number of aromatic nitrogens is 3. The fraction of sp³-hybridized carbons (Fsp3) is 0.538. The van der Waals surface area contributed by atoms with Gasteiger partial charge in [-0.2, -0.15) is 4.41 Å². The summed E-state index contributed by atoms with van der Waals surface area (Å²) in [5.74, 6) is -0.489. The molecule has 6 bridgehead atoms. The second-order valence-corrected chi connectivity index (χ2v) is 16.5. The lowest BCUT2D eigenvalue weighted by atomic mass is 9.84. The van der Waals surface area contributed by atoms with Crippen molar-refractivity contribution in [3.63, 3.8) is 0 Å². The van der Waals surface area contributed by atoms with E-state index in [-0.39, 0.29) is 30.5 Å². The number of hydrogen-bond donors (Lipinski definition) is 3. The van der Waals surface area contributed by atoms with Crippen molar-refractivity contribution in [2.45, 2.75) is 104 Å². The molecule has 5 atom stereocenters. The number of esters is 1. The lowest BCUT2D eigenvalue weighted by molar-refractivity contribution is -0.173. The van der Waals surface area contributed by atoms with Crippen LogP contribution in [0.4, 0.5) is 0 Å². The van der Waals surface area contributed by atoms with Crippen LogP contribution in [0.5, 0.6) is 0 Å². The molecule has 1 aromatic carbocycles. The number of hydrogen-bond acceptors (Lipinski definition) is 11. The quantitative estimate of drug-likeness (QED) is 0.153. The Morgan fingerprint density at radius 2 is 2.04 bits per heavy atom. The Balaban J connectivity index is 1.36. The molecule has 0 spiro atoms. The van der Waals surface area contributed by atoms with E-state index < -0.39 is 23.7 Å². The molecule has 5 heterocycles. The number of aliphatic hydroxyl groups is 1. The summed E-state index contributed by atoms with van der Waals surface area (Å²) >= 11 is 6.27. The minimum absolute atomic E-state index is 0.0478. The van der Waals surface area contributed by atoms with E-state index in [9.17, 15) is 14.7 Å². The summed E-state index contributed by atoms with van der Waals surface area (Å²) in [5.41, 5.74) is 6.58. The molecule has 4 aromatic rings. The van der Waals surface area contributed by atoms with Gasteiger partial charge in [-0.15, -0.1) is 11.3 Å². The molecule has 2 unspecified atom stereocenters. The Morgan fingerprint density at radius 1 is 1.23 bits per heavy atom.